The topological polar surface area (TPSA) is 41.5 Å². The monoisotopic (exact) mass is 344 g/mol. The van der Waals surface area contributed by atoms with Crippen LogP contribution in [-0.4, -0.2) is 11.6 Å². The van der Waals surface area contributed by atoms with Gasteiger partial charge in [-0.1, -0.05) is 55.8 Å². The number of nitrogens with one attached hydrogen (secondary N) is 1. The van der Waals surface area contributed by atoms with Gasteiger partial charge in [-0.15, -0.1) is 0 Å². The third-order valence-electron chi connectivity index (χ3n) is 3.00. The van der Waals surface area contributed by atoms with Crippen LogP contribution < -0.4 is 5.43 Å². The number of hydrogen-bond acceptors (Lipinski definition) is 2. The van der Waals surface area contributed by atoms with Crippen molar-refractivity contribution in [3.8, 4) is 0 Å². The minimum absolute atomic E-state index is 0.216. The summed E-state index contributed by atoms with van der Waals surface area (Å²) < 4.78 is 0.759. The van der Waals surface area contributed by atoms with E-state index in [4.69, 9.17) is 0 Å². The van der Waals surface area contributed by atoms with E-state index in [9.17, 15) is 4.79 Å². The highest BCUT2D eigenvalue weighted by Crippen LogP contribution is 2.15. The molecule has 1 amide bonds. The molecular formula is C17H17BrN2O. The molecule has 0 aromatic heterocycles. The Morgan fingerprint density at radius 3 is 2.43 bits per heavy atom. The molecule has 0 radical (unpaired) electrons. The van der Waals surface area contributed by atoms with Crippen LogP contribution in [-0.2, 0) is 0 Å². The van der Waals surface area contributed by atoms with Gasteiger partial charge in [0.1, 0.15) is 0 Å². The summed E-state index contributed by atoms with van der Waals surface area (Å²) in [4.78, 5) is 12.2. The van der Waals surface area contributed by atoms with Crippen LogP contribution in [0, 0.1) is 0 Å². The second-order valence-electron chi connectivity index (χ2n) is 4.60. The van der Waals surface area contributed by atoms with Crippen molar-refractivity contribution in [2.45, 2.75) is 19.8 Å². The first-order valence-electron chi connectivity index (χ1n) is 6.89. The summed E-state index contributed by atoms with van der Waals surface area (Å²) in [5.74, 6) is -0.216. The van der Waals surface area contributed by atoms with Crippen LogP contribution in [0.3, 0.4) is 0 Å². The van der Waals surface area contributed by atoms with E-state index in [2.05, 4.69) is 33.4 Å². The minimum atomic E-state index is -0.216. The summed E-state index contributed by atoms with van der Waals surface area (Å²) in [5, 5.41) is 4.30. The highest BCUT2D eigenvalue weighted by molar-refractivity contribution is 9.10. The summed E-state index contributed by atoms with van der Waals surface area (Å²) in [5.41, 5.74) is 5.14. The minimum Gasteiger partial charge on any atom is -0.267 e. The van der Waals surface area contributed by atoms with Gasteiger partial charge in [0.05, 0.1) is 11.3 Å². The first kappa shape index (κ1) is 15.4. The van der Waals surface area contributed by atoms with Crippen molar-refractivity contribution in [2.24, 2.45) is 5.10 Å². The number of rotatable bonds is 5. The molecule has 108 valence electrons. The zero-order chi connectivity index (χ0) is 15.1. The predicted octanol–water partition coefficient (Wildman–Crippen LogP) is 4.38. The van der Waals surface area contributed by atoms with E-state index in [0.29, 0.717) is 5.56 Å². The first-order chi connectivity index (χ1) is 10.2. The summed E-state index contributed by atoms with van der Waals surface area (Å²) in [6.07, 6.45) is 1.79. The standard InChI is InChI=1S/C17H17BrN2O/c1-2-8-16(13-9-4-3-5-10-13)19-20-17(21)14-11-6-7-12-15(14)18/h3-7,9-12H,2,8H2,1H3,(H,20,21)/b19-16+. The number of hydrogen-bond donors (Lipinski definition) is 1. The Labute approximate surface area is 133 Å². The predicted molar refractivity (Wildman–Crippen MR) is 89.5 cm³/mol. The van der Waals surface area contributed by atoms with Gasteiger partial charge < -0.3 is 0 Å². The van der Waals surface area contributed by atoms with Crippen LogP contribution >= 0.6 is 15.9 Å². The Balaban J connectivity index is 2.17. The molecule has 0 saturated heterocycles. The molecule has 0 heterocycles. The molecule has 2 aromatic rings. The summed E-state index contributed by atoms with van der Waals surface area (Å²) >= 11 is 3.37. The third kappa shape index (κ3) is 4.26. The SMILES string of the molecule is CCC/C(=N\NC(=O)c1ccccc1Br)c1ccccc1. The second-order valence-corrected chi connectivity index (χ2v) is 5.45. The van der Waals surface area contributed by atoms with Gasteiger partial charge in [0, 0.05) is 4.47 Å². The molecule has 21 heavy (non-hydrogen) atoms. The first-order valence-corrected chi connectivity index (χ1v) is 7.68. The van der Waals surface area contributed by atoms with Crippen molar-refractivity contribution in [1.29, 1.82) is 0 Å². The lowest BCUT2D eigenvalue weighted by atomic mass is 10.1. The van der Waals surface area contributed by atoms with Gasteiger partial charge in [0.25, 0.3) is 5.91 Å². The van der Waals surface area contributed by atoms with Crippen molar-refractivity contribution in [3.63, 3.8) is 0 Å². The maximum Gasteiger partial charge on any atom is 0.272 e. The van der Waals surface area contributed by atoms with E-state index < -0.39 is 0 Å². The molecule has 0 aliphatic rings. The van der Waals surface area contributed by atoms with Crippen LogP contribution in [0.2, 0.25) is 0 Å². The van der Waals surface area contributed by atoms with Crippen molar-refractivity contribution in [2.75, 3.05) is 0 Å². The van der Waals surface area contributed by atoms with Crippen molar-refractivity contribution >= 4 is 27.5 Å². The number of halogens is 1. The Bertz CT molecular complexity index is 638. The normalized spacial score (nSPS) is 11.2. The zero-order valence-electron chi connectivity index (χ0n) is 11.8. The van der Waals surface area contributed by atoms with Gasteiger partial charge in [0.15, 0.2) is 0 Å². The van der Waals surface area contributed by atoms with Gasteiger partial charge in [-0.2, -0.15) is 5.10 Å². The third-order valence-corrected chi connectivity index (χ3v) is 3.70. The lowest BCUT2D eigenvalue weighted by molar-refractivity contribution is 0.0954. The van der Waals surface area contributed by atoms with Crippen LogP contribution in [0.1, 0.15) is 35.7 Å². The van der Waals surface area contributed by atoms with E-state index in [1.807, 2.05) is 48.5 Å². The van der Waals surface area contributed by atoms with Crippen molar-refractivity contribution in [1.82, 2.24) is 5.43 Å². The van der Waals surface area contributed by atoms with Gasteiger partial charge in [-0.25, -0.2) is 5.43 Å². The number of nitrogens with zero attached hydrogens (tertiary/aromatic N) is 1. The second kappa shape index (κ2) is 7.74. The number of hydrazone groups is 1. The van der Waals surface area contributed by atoms with Gasteiger partial charge >= 0.3 is 0 Å². The molecule has 0 unspecified atom stereocenters. The number of amides is 1. The smallest absolute Gasteiger partial charge is 0.267 e. The Hall–Kier alpha value is -1.94. The highest BCUT2D eigenvalue weighted by Gasteiger charge is 2.09. The van der Waals surface area contributed by atoms with E-state index in [1.54, 1.807) is 6.07 Å². The van der Waals surface area contributed by atoms with Crippen LogP contribution in [0.4, 0.5) is 0 Å². The van der Waals surface area contributed by atoms with E-state index in [0.717, 1.165) is 28.6 Å². The molecule has 0 aliphatic heterocycles. The highest BCUT2D eigenvalue weighted by atomic mass is 79.9. The van der Waals surface area contributed by atoms with E-state index >= 15 is 0 Å². The Morgan fingerprint density at radius 2 is 1.76 bits per heavy atom. The molecular weight excluding hydrogens is 328 g/mol. The fraction of sp³-hybridized carbons (Fsp3) is 0.176. The summed E-state index contributed by atoms with van der Waals surface area (Å²) in [7, 11) is 0. The molecule has 2 rings (SSSR count). The molecule has 4 heteroatoms. The van der Waals surface area contributed by atoms with Crippen LogP contribution in [0.15, 0.2) is 64.2 Å². The van der Waals surface area contributed by atoms with Gasteiger partial charge in [0.2, 0.25) is 0 Å². The Kier molecular flexibility index (Phi) is 5.69. The van der Waals surface area contributed by atoms with E-state index in [-0.39, 0.29) is 5.91 Å². The van der Waals surface area contributed by atoms with E-state index in [1.165, 1.54) is 0 Å². The van der Waals surface area contributed by atoms with Crippen LogP contribution in [0.5, 0.6) is 0 Å². The van der Waals surface area contributed by atoms with Gasteiger partial charge in [-0.3, -0.25) is 4.79 Å². The quantitative estimate of drug-likeness (QED) is 0.634. The number of benzene rings is 2. The fourth-order valence-corrected chi connectivity index (χ4v) is 2.42. The number of carbonyl (C=O) groups excluding carboxylic acids is 1. The molecule has 1 N–H and O–H groups in total. The zero-order valence-corrected chi connectivity index (χ0v) is 13.4. The lowest BCUT2D eigenvalue weighted by Gasteiger charge is -2.07. The van der Waals surface area contributed by atoms with Crippen molar-refractivity contribution in [3.05, 3.63) is 70.2 Å². The molecule has 0 fully saturated rings. The fourth-order valence-electron chi connectivity index (χ4n) is 1.96. The lowest BCUT2D eigenvalue weighted by Crippen LogP contribution is -2.20. The average Bonchev–Trinajstić information content (AvgIpc) is 2.52. The molecule has 0 saturated carbocycles. The molecule has 0 aliphatic carbocycles. The summed E-state index contributed by atoms with van der Waals surface area (Å²) in [6.45, 7) is 2.09. The maximum absolute atomic E-state index is 12.2. The average molecular weight is 345 g/mol. The van der Waals surface area contributed by atoms with Crippen molar-refractivity contribution < 1.29 is 4.79 Å². The largest absolute Gasteiger partial charge is 0.272 e. The molecule has 2 aromatic carbocycles. The molecule has 0 bridgehead atoms. The molecule has 3 nitrogen and oxygen atoms in total. The Morgan fingerprint density at radius 1 is 1.10 bits per heavy atom. The van der Waals surface area contributed by atoms with Gasteiger partial charge in [-0.05, 0) is 40.0 Å². The maximum atomic E-state index is 12.2. The molecule has 0 atom stereocenters. The summed E-state index contributed by atoms with van der Waals surface area (Å²) in [6, 6.07) is 17.2. The molecule has 0 spiro atoms. The number of carbonyl (C=O) groups is 1. The van der Waals surface area contributed by atoms with Crippen LogP contribution in [0.25, 0.3) is 0 Å².